The molecule has 2 fully saturated rings. The maximum absolute atomic E-state index is 14.0. The van der Waals surface area contributed by atoms with Crippen LogP contribution in [0.1, 0.15) is 53.4 Å². The van der Waals surface area contributed by atoms with E-state index in [0.29, 0.717) is 6.54 Å². The molecule has 1 aromatic heterocycles. The van der Waals surface area contributed by atoms with Crippen LogP contribution < -0.4 is 0 Å². The Labute approximate surface area is 203 Å². The lowest BCUT2D eigenvalue weighted by molar-refractivity contribution is -0.143. The molecule has 3 amide bonds. The molecule has 0 saturated carbocycles. The van der Waals surface area contributed by atoms with Gasteiger partial charge in [-0.25, -0.2) is 4.98 Å². The van der Waals surface area contributed by atoms with Crippen LogP contribution in [0.5, 0.6) is 0 Å². The van der Waals surface area contributed by atoms with Gasteiger partial charge < -0.3 is 4.90 Å². The quantitative estimate of drug-likeness (QED) is 0.498. The summed E-state index contributed by atoms with van der Waals surface area (Å²) in [4.78, 5) is 48.6. The number of imide groups is 1. The van der Waals surface area contributed by atoms with Gasteiger partial charge >= 0.3 is 0 Å². The summed E-state index contributed by atoms with van der Waals surface area (Å²) in [6.45, 7) is 2.79. The first-order valence-corrected chi connectivity index (χ1v) is 12.5. The number of carbonyl (C=O) groups excluding carboxylic acids is 3. The molecule has 3 heterocycles. The number of likely N-dealkylation sites (tertiary alicyclic amines) is 2. The Balaban J connectivity index is 1.49. The largest absolute Gasteiger partial charge is 0.333 e. The van der Waals surface area contributed by atoms with E-state index in [1.807, 2.05) is 71.8 Å². The molecule has 0 aliphatic carbocycles. The van der Waals surface area contributed by atoms with Crippen molar-refractivity contribution < 1.29 is 14.4 Å². The van der Waals surface area contributed by atoms with Crippen LogP contribution in [-0.2, 0) is 26.3 Å². The number of aromatic nitrogens is 1. The fourth-order valence-corrected chi connectivity index (χ4v) is 6.15. The second-order valence-corrected chi connectivity index (χ2v) is 10.1. The van der Waals surface area contributed by atoms with E-state index in [1.165, 1.54) is 4.90 Å². The second-order valence-electron chi connectivity index (χ2n) is 9.14. The van der Waals surface area contributed by atoms with Gasteiger partial charge in [-0.2, -0.15) is 0 Å². The molecule has 2 aliphatic heterocycles. The Morgan fingerprint density at radius 3 is 2.62 bits per heavy atom. The zero-order chi connectivity index (χ0) is 23.7. The predicted molar refractivity (Wildman–Crippen MR) is 130 cm³/mol. The second kappa shape index (κ2) is 9.14. The Kier molecular flexibility index (Phi) is 6.04. The molecule has 2 unspecified atom stereocenters. The highest BCUT2D eigenvalue weighted by molar-refractivity contribution is 7.09. The number of benzene rings is 2. The van der Waals surface area contributed by atoms with E-state index in [-0.39, 0.29) is 43.1 Å². The SMILES string of the molecule is Cc1ccccc1C1(CC(=O)N2CCCC2c2nccs2)CC(=O)N(Cc2ccccc2)C1=O. The van der Waals surface area contributed by atoms with Gasteiger partial charge in [0.25, 0.3) is 0 Å². The smallest absolute Gasteiger partial charge is 0.241 e. The monoisotopic (exact) mass is 473 g/mol. The Hall–Kier alpha value is -3.32. The molecule has 5 rings (SSSR count). The minimum Gasteiger partial charge on any atom is -0.333 e. The van der Waals surface area contributed by atoms with Gasteiger partial charge in [0.2, 0.25) is 17.7 Å². The molecule has 6 nitrogen and oxygen atoms in total. The molecular formula is C27H27N3O3S. The molecule has 2 atom stereocenters. The van der Waals surface area contributed by atoms with Crippen molar-refractivity contribution in [2.75, 3.05) is 6.54 Å². The number of hydrogen-bond donors (Lipinski definition) is 0. The van der Waals surface area contributed by atoms with Crippen molar-refractivity contribution in [3.63, 3.8) is 0 Å². The van der Waals surface area contributed by atoms with E-state index >= 15 is 0 Å². The third-order valence-corrected chi connectivity index (χ3v) is 7.89. The van der Waals surface area contributed by atoms with Gasteiger partial charge in [-0.15, -0.1) is 11.3 Å². The summed E-state index contributed by atoms with van der Waals surface area (Å²) in [5.41, 5.74) is 1.38. The highest BCUT2D eigenvalue weighted by Crippen LogP contribution is 2.44. The van der Waals surface area contributed by atoms with Crippen molar-refractivity contribution in [1.29, 1.82) is 0 Å². The van der Waals surface area contributed by atoms with Crippen LogP contribution in [-0.4, -0.2) is 39.1 Å². The minimum atomic E-state index is -1.19. The van der Waals surface area contributed by atoms with Crippen LogP contribution in [0, 0.1) is 6.92 Å². The average molecular weight is 474 g/mol. The van der Waals surface area contributed by atoms with Crippen molar-refractivity contribution in [2.24, 2.45) is 0 Å². The molecule has 7 heteroatoms. The lowest BCUT2D eigenvalue weighted by atomic mass is 9.74. The first-order valence-electron chi connectivity index (χ1n) is 11.6. The topological polar surface area (TPSA) is 70.6 Å². The number of aryl methyl sites for hydroxylation is 1. The molecule has 2 saturated heterocycles. The first-order chi connectivity index (χ1) is 16.5. The van der Waals surface area contributed by atoms with Crippen LogP contribution in [0.4, 0.5) is 0 Å². The van der Waals surface area contributed by atoms with Crippen molar-refractivity contribution in [1.82, 2.24) is 14.8 Å². The van der Waals surface area contributed by atoms with Gasteiger partial charge in [-0.1, -0.05) is 54.6 Å². The van der Waals surface area contributed by atoms with Crippen molar-refractivity contribution in [3.05, 3.63) is 87.9 Å². The van der Waals surface area contributed by atoms with Gasteiger partial charge in [0.05, 0.1) is 18.0 Å². The first kappa shape index (κ1) is 22.5. The van der Waals surface area contributed by atoms with Crippen molar-refractivity contribution in [2.45, 2.75) is 50.6 Å². The fraction of sp³-hybridized carbons (Fsp3) is 0.333. The van der Waals surface area contributed by atoms with Gasteiger partial charge in [-0.3, -0.25) is 19.3 Å². The van der Waals surface area contributed by atoms with Gasteiger partial charge in [-0.05, 0) is 36.5 Å². The maximum atomic E-state index is 14.0. The molecule has 34 heavy (non-hydrogen) atoms. The van der Waals surface area contributed by atoms with Gasteiger partial charge in [0, 0.05) is 31.0 Å². The van der Waals surface area contributed by atoms with Crippen LogP contribution >= 0.6 is 11.3 Å². The molecule has 174 valence electrons. The lowest BCUT2D eigenvalue weighted by Gasteiger charge is -2.32. The summed E-state index contributed by atoms with van der Waals surface area (Å²) in [5.74, 6) is -0.611. The van der Waals surface area contributed by atoms with E-state index in [1.54, 1.807) is 17.5 Å². The Morgan fingerprint density at radius 2 is 1.88 bits per heavy atom. The fourth-order valence-electron chi connectivity index (χ4n) is 5.36. The number of carbonyl (C=O) groups is 3. The molecule has 0 radical (unpaired) electrons. The average Bonchev–Trinajstić information content (AvgIpc) is 3.58. The third kappa shape index (κ3) is 3.94. The number of amides is 3. The third-order valence-electron chi connectivity index (χ3n) is 7.02. The molecule has 2 aromatic carbocycles. The Bertz CT molecular complexity index is 1210. The molecular weight excluding hydrogens is 446 g/mol. The van der Waals surface area contributed by atoms with Gasteiger partial charge in [0.15, 0.2) is 0 Å². The predicted octanol–water partition coefficient (Wildman–Crippen LogP) is 4.40. The lowest BCUT2D eigenvalue weighted by Crippen LogP contribution is -2.43. The summed E-state index contributed by atoms with van der Waals surface area (Å²) in [7, 11) is 0. The molecule has 0 spiro atoms. The van der Waals surface area contributed by atoms with E-state index in [9.17, 15) is 14.4 Å². The Morgan fingerprint density at radius 1 is 1.12 bits per heavy atom. The molecule has 3 aromatic rings. The molecule has 0 N–H and O–H groups in total. The van der Waals surface area contributed by atoms with Gasteiger partial charge in [0.1, 0.15) is 5.01 Å². The number of thiazole rings is 1. The van der Waals surface area contributed by atoms with Crippen LogP contribution in [0.3, 0.4) is 0 Å². The van der Waals surface area contributed by atoms with E-state index in [2.05, 4.69) is 4.98 Å². The summed E-state index contributed by atoms with van der Waals surface area (Å²) < 4.78 is 0. The van der Waals surface area contributed by atoms with E-state index in [4.69, 9.17) is 0 Å². The van der Waals surface area contributed by atoms with Crippen molar-refractivity contribution >= 4 is 29.1 Å². The van der Waals surface area contributed by atoms with Crippen LogP contribution in [0.15, 0.2) is 66.2 Å². The minimum absolute atomic E-state index is 0.00498. The maximum Gasteiger partial charge on any atom is 0.241 e. The highest BCUT2D eigenvalue weighted by Gasteiger charge is 2.55. The number of nitrogens with zero attached hydrogens (tertiary/aromatic N) is 3. The molecule has 0 bridgehead atoms. The van der Waals surface area contributed by atoms with E-state index in [0.717, 1.165) is 34.5 Å². The number of hydrogen-bond acceptors (Lipinski definition) is 5. The number of rotatable bonds is 6. The van der Waals surface area contributed by atoms with Crippen molar-refractivity contribution in [3.8, 4) is 0 Å². The normalized spacial score (nSPS) is 22.6. The molecule has 2 aliphatic rings. The zero-order valence-corrected chi connectivity index (χ0v) is 20.0. The highest BCUT2D eigenvalue weighted by atomic mass is 32.1. The van der Waals surface area contributed by atoms with E-state index < -0.39 is 5.41 Å². The summed E-state index contributed by atoms with van der Waals surface area (Å²) >= 11 is 1.55. The summed E-state index contributed by atoms with van der Waals surface area (Å²) in [5, 5.41) is 2.85. The van der Waals surface area contributed by atoms with Crippen LogP contribution in [0.2, 0.25) is 0 Å². The van der Waals surface area contributed by atoms with Crippen LogP contribution in [0.25, 0.3) is 0 Å². The zero-order valence-electron chi connectivity index (χ0n) is 19.1. The summed E-state index contributed by atoms with van der Waals surface area (Å²) in [6, 6.07) is 17.1. The summed E-state index contributed by atoms with van der Waals surface area (Å²) in [6.07, 6.45) is 3.51. The standard InChI is InChI=1S/C27H27N3O3S/c1-19-8-5-6-11-21(19)27(16-23(31)29-14-7-12-22(29)25-28-13-15-34-25)17-24(32)30(26(27)33)18-20-9-3-2-4-10-20/h2-6,8-11,13,15,22H,7,12,14,16-18H2,1H3.